The van der Waals surface area contributed by atoms with Crippen LogP contribution in [0, 0.1) is 5.41 Å². The summed E-state index contributed by atoms with van der Waals surface area (Å²) in [4.78, 5) is 0. The Hall–Kier alpha value is -1.04. The van der Waals surface area contributed by atoms with E-state index in [-0.39, 0.29) is 5.41 Å². The first-order valence-corrected chi connectivity index (χ1v) is 6.68. The van der Waals surface area contributed by atoms with Crippen LogP contribution < -0.4 is 0 Å². The summed E-state index contributed by atoms with van der Waals surface area (Å²) in [5, 5.41) is 0. The molecule has 0 aromatic carbocycles. The Morgan fingerprint density at radius 2 is 1.53 bits per heavy atom. The van der Waals surface area contributed by atoms with Gasteiger partial charge >= 0.3 is 0 Å². The first kappa shape index (κ1) is 16.0. The monoisotopic (exact) mass is 232 g/mol. The topological polar surface area (TPSA) is 0 Å². The van der Waals surface area contributed by atoms with Gasteiger partial charge in [0.05, 0.1) is 0 Å². The SMILES string of the molecule is C=CC1=C(C)C(C)=C(/C=C\CC)C1(C)C.CC. The quantitative estimate of drug-likeness (QED) is 0.573. The first-order chi connectivity index (χ1) is 7.96. The lowest BCUT2D eigenvalue weighted by Gasteiger charge is -2.24. The summed E-state index contributed by atoms with van der Waals surface area (Å²) >= 11 is 0. The van der Waals surface area contributed by atoms with Crippen molar-refractivity contribution in [2.24, 2.45) is 5.41 Å². The number of hydrogen-bond donors (Lipinski definition) is 0. The van der Waals surface area contributed by atoms with E-state index in [0.717, 1.165) is 6.42 Å². The van der Waals surface area contributed by atoms with Gasteiger partial charge in [0.25, 0.3) is 0 Å². The Morgan fingerprint density at radius 3 is 1.88 bits per heavy atom. The van der Waals surface area contributed by atoms with Gasteiger partial charge in [0.15, 0.2) is 0 Å². The predicted octanol–water partition coefficient (Wildman–Crippen LogP) is 5.84. The third-order valence-corrected chi connectivity index (χ3v) is 3.44. The zero-order valence-corrected chi connectivity index (χ0v) is 12.6. The molecule has 1 aliphatic rings. The van der Waals surface area contributed by atoms with E-state index in [1.165, 1.54) is 22.3 Å². The maximum atomic E-state index is 3.93. The molecule has 0 heteroatoms. The van der Waals surface area contributed by atoms with Crippen LogP contribution in [0.3, 0.4) is 0 Å². The van der Waals surface area contributed by atoms with Gasteiger partial charge in [-0.15, -0.1) is 0 Å². The molecule has 0 atom stereocenters. The smallest absolute Gasteiger partial charge is 0.0151 e. The highest BCUT2D eigenvalue weighted by Gasteiger charge is 2.33. The number of hydrogen-bond acceptors (Lipinski definition) is 0. The zero-order valence-electron chi connectivity index (χ0n) is 12.6. The number of allylic oxidation sites excluding steroid dienone is 7. The second-order valence-corrected chi connectivity index (χ2v) is 4.72. The van der Waals surface area contributed by atoms with Crippen LogP contribution in [0.4, 0.5) is 0 Å². The van der Waals surface area contributed by atoms with Crippen molar-refractivity contribution in [2.45, 2.75) is 54.9 Å². The predicted molar refractivity (Wildman–Crippen MR) is 80.2 cm³/mol. The maximum absolute atomic E-state index is 3.93. The molecule has 17 heavy (non-hydrogen) atoms. The Bertz CT molecular complexity index is 359. The van der Waals surface area contributed by atoms with Crippen molar-refractivity contribution >= 4 is 0 Å². The average Bonchev–Trinajstić information content (AvgIpc) is 2.47. The van der Waals surface area contributed by atoms with Crippen molar-refractivity contribution in [3.8, 4) is 0 Å². The molecule has 0 heterocycles. The molecule has 0 aliphatic heterocycles. The van der Waals surface area contributed by atoms with Gasteiger partial charge in [-0.05, 0) is 42.6 Å². The van der Waals surface area contributed by atoms with Crippen LogP contribution in [0.25, 0.3) is 0 Å². The minimum atomic E-state index is 0.127. The molecule has 0 saturated carbocycles. The molecule has 0 radical (unpaired) electrons. The van der Waals surface area contributed by atoms with Gasteiger partial charge in [0, 0.05) is 5.41 Å². The zero-order chi connectivity index (χ0) is 13.6. The van der Waals surface area contributed by atoms with Crippen LogP contribution in [-0.2, 0) is 0 Å². The van der Waals surface area contributed by atoms with Crippen LogP contribution in [0.1, 0.15) is 54.9 Å². The van der Waals surface area contributed by atoms with Crippen LogP contribution in [0.2, 0.25) is 0 Å². The van der Waals surface area contributed by atoms with E-state index in [2.05, 4.69) is 53.3 Å². The van der Waals surface area contributed by atoms with Crippen molar-refractivity contribution in [1.82, 2.24) is 0 Å². The molecule has 0 amide bonds. The Kier molecular flexibility index (Phi) is 6.23. The lowest BCUT2D eigenvalue weighted by molar-refractivity contribution is 0.575. The molecule has 96 valence electrons. The van der Waals surface area contributed by atoms with Gasteiger partial charge in [-0.1, -0.05) is 59.4 Å². The van der Waals surface area contributed by atoms with Gasteiger partial charge in [-0.25, -0.2) is 0 Å². The normalized spacial score (nSPS) is 18.5. The first-order valence-electron chi connectivity index (χ1n) is 6.68. The molecule has 0 spiro atoms. The standard InChI is InChI=1S/C15H22.C2H6/c1-7-9-10-14-12(4)11(3)13(8-2)15(14,5)6;1-2/h8-10H,2,7H2,1,3-6H3;1-2H3/b10-9-;. The van der Waals surface area contributed by atoms with Gasteiger partial charge < -0.3 is 0 Å². The van der Waals surface area contributed by atoms with E-state index in [0.29, 0.717) is 0 Å². The summed E-state index contributed by atoms with van der Waals surface area (Å²) in [6.07, 6.45) is 7.61. The summed E-state index contributed by atoms with van der Waals surface area (Å²) in [6, 6.07) is 0. The third-order valence-electron chi connectivity index (χ3n) is 3.44. The van der Waals surface area contributed by atoms with Crippen molar-refractivity contribution in [1.29, 1.82) is 0 Å². The highest BCUT2D eigenvalue weighted by atomic mass is 14.4. The molecule has 0 unspecified atom stereocenters. The molecule has 0 fully saturated rings. The molecule has 0 N–H and O–H groups in total. The molecule has 1 aliphatic carbocycles. The second kappa shape index (κ2) is 6.64. The Balaban J connectivity index is 0.00000121. The van der Waals surface area contributed by atoms with Crippen molar-refractivity contribution in [3.05, 3.63) is 47.1 Å². The summed E-state index contributed by atoms with van der Waals surface area (Å²) in [6.45, 7) is 19.1. The Morgan fingerprint density at radius 1 is 1.06 bits per heavy atom. The fourth-order valence-electron chi connectivity index (χ4n) is 2.46. The molecule has 0 bridgehead atoms. The lowest BCUT2D eigenvalue weighted by Crippen LogP contribution is -2.12. The molecular formula is C17H28. The van der Waals surface area contributed by atoms with E-state index in [9.17, 15) is 0 Å². The van der Waals surface area contributed by atoms with Crippen LogP contribution in [0.15, 0.2) is 47.1 Å². The largest absolute Gasteiger partial charge is 0.0987 e. The molecular weight excluding hydrogens is 204 g/mol. The third kappa shape index (κ3) is 3.00. The van der Waals surface area contributed by atoms with Gasteiger partial charge in [-0.3, -0.25) is 0 Å². The highest BCUT2D eigenvalue weighted by molar-refractivity contribution is 5.57. The van der Waals surface area contributed by atoms with Crippen molar-refractivity contribution in [3.63, 3.8) is 0 Å². The molecule has 1 rings (SSSR count). The fraction of sp³-hybridized carbons (Fsp3) is 0.529. The molecule has 0 aromatic heterocycles. The Labute approximate surface area is 108 Å². The van der Waals surface area contributed by atoms with Crippen LogP contribution in [0.5, 0.6) is 0 Å². The van der Waals surface area contributed by atoms with Crippen LogP contribution >= 0.6 is 0 Å². The summed E-state index contributed by atoms with van der Waals surface area (Å²) in [7, 11) is 0. The number of rotatable bonds is 3. The van der Waals surface area contributed by atoms with E-state index >= 15 is 0 Å². The van der Waals surface area contributed by atoms with Gasteiger partial charge in [-0.2, -0.15) is 0 Å². The molecule has 0 saturated heterocycles. The van der Waals surface area contributed by atoms with Crippen molar-refractivity contribution in [2.75, 3.05) is 0 Å². The fourth-order valence-corrected chi connectivity index (χ4v) is 2.46. The maximum Gasteiger partial charge on any atom is 0.0151 e. The molecule has 0 nitrogen and oxygen atoms in total. The van der Waals surface area contributed by atoms with Gasteiger partial charge in [0.2, 0.25) is 0 Å². The summed E-state index contributed by atoms with van der Waals surface area (Å²) in [5.41, 5.74) is 5.75. The second-order valence-electron chi connectivity index (χ2n) is 4.72. The minimum absolute atomic E-state index is 0.127. The summed E-state index contributed by atoms with van der Waals surface area (Å²) < 4.78 is 0. The van der Waals surface area contributed by atoms with E-state index in [4.69, 9.17) is 0 Å². The highest BCUT2D eigenvalue weighted by Crippen LogP contribution is 2.47. The van der Waals surface area contributed by atoms with Crippen molar-refractivity contribution < 1.29 is 0 Å². The summed E-state index contributed by atoms with van der Waals surface area (Å²) in [5.74, 6) is 0. The van der Waals surface area contributed by atoms with Gasteiger partial charge in [0.1, 0.15) is 0 Å². The lowest BCUT2D eigenvalue weighted by atomic mass is 9.80. The minimum Gasteiger partial charge on any atom is -0.0987 e. The van der Waals surface area contributed by atoms with Crippen LogP contribution in [-0.4, -0.2) is 0 Å². The van der Waals surface area contributed by atoms with E-state index in [1.807, 2.05) is 19.9 Å². The average molecular weight is 232 g/mol. The van der Waals surface area contributed by atoms with E-state index < -0.39 is 0 Å². The van der Waals surface area contributed by atoms with E-state index in [1.54, 1.807) is 0 Å². The molecule has 0 aromatic rings.